The summed E-state index contributed by atoms with van der Waals surface area (Å²) in [6.07, 6.45) is 6.91. The van der Waals surface area contributed by atoms with E-state index in [0.29, 0.717) is 0 Å². The summed E-state index contributed by atoms with van der Waals surface area (Å²) < 4.78 is 0. The maximum atomic E-state index is 4.48. The zero-order chi connectivity index (χ0) is 8.67. The highest BCUT2D eigenvalue weighted by molar-refractivity contribution is 5.79. The number of nitrogens with zero attached hydrogens (tertiary/aromatic N) is 1. The van der Waals surface area contributed by atoms with Crippen molar-refractivity contribution in [2.24, 2.45) is 0 Å². The first-order valence-electron chi connectivity index (χ1n) is 4.32. The van der Waals surface area contributed by atoms with Crippen LogP contribution in [0.25, 0.3) is 11.0 Å². The van der Waals surface area contributed by atoms with E-state index in [4.69, 9.17) is 0 Å². The van der Waals surface area contributed by atoms with Crippen LogP contribution < -0.4 is 5.32 Å². The Balaban J connectivity index is 2.31. The van der Waals surface area contributed by atoms with Crippen molar-refractivity contribution >= 4 is 16.9 Å². The van der Waals surface area contributed by atoms with Crippen LogP contribution in [0.1, 0.15) is 5.56 Å². The lowest BCUT2D eigenvalue weighted by Crippen LogP contribution is -2.02. The second-order valence-electron chi connectivity index (χ2n) is 3.16. The van der Waals surface area contributed by atoms with Gasteiger partial charge in [0.25, 0.3) is 0 Å². The molecule has 0 aliphatic carbocycles. The average Bonchev–Trinajstić information content (AvgIpc) is 2.61. The third-order valence-electron chi connectivity index (χ3n) is 2.29. The van der Waals surface area contributed by atoms with E-state index in [1.165, 1.54) is 5.56 Å². The highest BCUT2D eigenvalue weighted by atomic mass is 15.0. The number of allylic oxidation sites excluding steroid dienone is 1. The Hall–Kier alpha value is -1.77. The number of rotatable bonds is 0. The van der Waals surface area contributed by atoms with E-state index < -0.39 is 0 Å². The molecule has 0 saturated heterocycles. The lowest BCUT2D eigenvalue weighted by atomic mass is 10.1. The topological polar surface area (TPSA) is 40.7 Å². The highest BCUT2D eigenvalue weighted by Gasteiger charge is 2.07. The standard InChI is InChI=1S/C10H9N3/c1-2-7-6-9-8(3-5-11-9)13-10(7)12-4-1/h1,3-6,11H,2H2,(H,12,13). The van der Waals surface area contributed by atoms with Crippen molar-refractivity contribution in [1.82, 2.24) is 9.97 Å². The maximum absolute atomic E-state index is 4.48. The largest absolute Gasteiger partial charge is 0.360 e. The Morgan fingerprint density at radius 3 is 3.38 bits per heavy atom. The Labute approximate surface area is 75.5 Å². The average molecular weight is 171 g/mol. The summed E-state index contributed by atoms with van der Waals surface area (Å²) in [6.45, 7) is 0. The van der Waals surface area contributed by atoms with Crippen molar-refractivity contribution in [3.05, 3.63) is 36.2 Å². The molecule has 0 radical (unpaired) electrons. The summed E-state index contributed by atoms with van der Waals surface area (Å²) in [6, 6.07) is 4.13. The van der Waals surface area contributed by atoms with Gasteiger partial charge < -0.3 is 10.3 Å². The van der Waals surface area contributed by atoms with Crippen LogP contribution in [0.3, 0.4) is 0 Å². The van der Waals surface area contributed by atoms with E-state index in [1.807, 2.05) is 18.5 Å². The van der Waals surface area contributed by atoms with E-state index in [-0.39, 0.29) is 0 Å². The molecule has 3 heteroatoms. The molecule has 64 valence electrons. The molecule has 0 atom stereocenters. The molecule has 2 aromatic heterocycles. The molecule has 0 spiro atoms. The first-order chi connectivity index (χ1) is 6.43. The highest BCUT2D eigenvalue weighted by Crippen LogP contribution is 2.22. The summed E-state index contributed by atoms with van der Waals surface area (Å²) in [4.78, 5) is 7.64. The molecule has 0 saturated carbocycles. The van der Waals surface area contributed by atoms with Crippen molar-refractivity contribution < 1.29 is 0 Å². The summed E-state index contributed by atoms with van der Waals surface area (Å²) in [5.74, 6) is 0.981. The molecule has 1 aliphatic rings. The number of aromatic amines is 1. The molecular weight excluding hydrogens is 162 g/mol. The summed E-state index contributed by atoms with van der Waals surface area (Å²) >= 11 is 0. The van der Waals surface area contributed by atoms with Gasteiger partial charge in [-0.1, -0.05) is 6.08 Å². The number of hydrogen-bond acceptors (Lipinski definition) is 2. The minimum atomic E-state index is 0.963. The lowest BCUT2D eigenvalue weighted by Gasteiger charge is -2.10. The number of H-pyrrole nitrogens is 1. The van der Waals surface area contributed by atoms with E-state index >= 15 is 0 Å². The van der Waals surface area contributed by atoms with Crippen molar-refractivity contribution in [1.29, 1.82) is 0 Å². The minimum Gasteiger partial charge on any atom is -0.360 e. The second kappa shape index (κ2) is 2.36. The van der Waals surface area contributed by atoms with Gasteiger partial charge in [0, 0.05) is 11.8 Å². The van der Waals surface area contributed by atoms with Crippen molar-refractivity contribution in [2.45, 2.75) is 6.42 Å². The first kappa shape index (κ1) is 6.71. The molecule has 0 fully saturated rings. The fourth-order valence-corrected chi connectivity index (χ4v) is 1.63. The Bertz CT molecular complexity index is 440. The maximum Gasteiger partial charge on any atom is 0.134 e. The number of pyridine rings is 1. The van der Waals surface area contributed by atoms with Crippen LogP contribution in [0, 0.1) is 0 Å². The minimum absolute atomic E-state index is 0.963. The molecule has 0 unspecified atom stereocenters. The number of fused-ring (bicyclic) bond motifs is 2. The molecule has 2 aromatic rings. The predicted octanol–water partition coefficient (Wildman–Crippen LogP) is 2.04. The number of hydrogen-bond donors (Lipinski definition) is 2. The predicted molar refractivity (Wildman–Crippen MR) is 52.6 cm³/mol. The molecule has 0 amide bonds. The normalized spacial score (nSPS) is 14.2. The van der Waals surface area contributed by atoms with Crippen LogP contribution in [0.4, 0.5) is 5.82 Å². The third kappa shape index (κ3) is 0.935. The Morgan fingerprint density at radius 1 is 1.38 bits per heavy atom. The molecule has 0 bridgehead atoms. The van der Waals surface area contributed by atoms with Gasteiger partial charge in [0.15, 0.2) is 0 Å². The molecule has 3 nitrogen and oxygen atoms in total. The zero-order valence-corrected chi connectivity index (χ0v) is 7.04. The molecule has 3 heterocycles. The van der Waals surface area contributed by atoms with Gasteiger partial charge in [-0.2, -0.15) is 0 Å². The van der Waals surface area contributed by atoms with Gasteiger partial charge in [-0.25, -0.2) is 4.98 Å². The Morgan fingerprint density at radius 2 is 2.38 bits per heavy atom. The first-order valence-corrected chi connectivity index (χ1v) is 4.32. The van der Waals surface area contributed by atoms with E-state index in [9.17, 15) is 0 Å². The third-order valence-corrected chi connectivity index (χ3v) is 2.29. The van der Waals surface area contributed by atoms with Gasteiger partial charge >= 0.3 is 0 Å². The SMILES string of the molecule is C1=CNc2nc3cc[nH]c3cc2C1. The van der Waals surface area contributed by atoms with Crippen LogP contribution in [0.15, 0.2) is 30.6 Å². The van der Waals surface area contributed by atoms with Crippen LogP contribution in [-0.2, 0) is 6.42 Å². The van der Waals surface area contributed by atoms with Crippen LogP contribution in [-0.4, -0.2) is 9.97 Å². The van der Waals surface area contributed by atoms with Crippen LogP contribution >= 0.6 is 0 Å². The monoisotopic (exact) mass is 171 g/mol. The molecule has 3 rings (SSSR count). The lowest BCUT2D eigenvalue weighted by molar-refractivity contribution is 1.18. The van der Waals surface area contributed by atoms with Gasteiger partial charge in [-0.15, -0.1) is 0 Å². The van der Waals surface area contributed by atoms with Crippen molar-refractivity contribution in [3.8, 4) is 0 Å². The number of anilines is 1. The van der Waals surface area contributed by atoms with Gasteiger partial charge in [-0.3, -0.25) is 0 Å². The molecule has 13 heavy (non-hydrogen) atoms. The second-order valence-corrected chi connectivity index (χ2v) is 3.16. The van der Waals surface area contributed by atoms with Gasteiger partial charge in [0.1, 0.15) is 5.82 Å². The van der Waals surface area contributed by atoms with E-state index in [2.05, 4.69) is 27.4 Å². The van der Waals surface area contributed by atoms with Crippen molar-refractivity contribution in [2.75, 3.05) is 5.32 Å². The molecule has 2 N–H and O–H groups in total. The van der Waals surface area contributed by atoms with Gasteiger partial charge in [0.05, 0.1) is 11.0 Å². The fraction of sp³-hybridized carbons (Fsp3) is 0.100. The van der Waals surface area contributed by atoms with E-state index in [0.717, 1.165) is 23.3 Å². The quantitative estimate of drug-likeness (QED) is 0.636. The van der Waals surface area contributed by atoms with Gasteiger partial charge in [0.2, 0.25) is 0 Å². The van der Waals surface area contributed by atoms with Crippen molar-refractivity contribution in [3.63, 3.8) is 0 Å². The Kier molecular flexibility index (Phi) is 1.22. The fourth-order valence-electron chi connectivity index (χ4n) is 1.63. The summed E-state index contributed by atoms with van der Waals surface area (Å²) in [5.41, 5.74) is 3.37. The smallest absolute Gasteiger partial charge is 0.134 e. The summed E-state index contributed by atoms with van der Waals surface area (Å²) in [5, 5.41) is 3.14. The van der Waals surface area contributed by atoms with Gasteiger partial charge in [-0.05, 0) is 24.8 Å². The van der Waals surface area contributed by atoms with E-state index in [1.54, 1.807) is 0 Å². The van der Waals surface area contributed by atoms with Crippen LogP contribution in [0.2, 0.25) is 0 Å². The van der Waals surface area contributed by atoms with Crippen LogP contribution in [0.5, 0.6) is 0 Å². The molecular formula is C10H9N3. The molecule has 0 aromatic carbocycles. The molecule has 1 aliphatic heterocycles. The number of nitrogens with one attached hydrogen (secondary N) is 2. The zero-order valence-electron chi connectivity index (χ0n) is 7.04. The summed E-state index contributed by atoms with van der Waals surface area (Å²) in [7, 11) is 0. The number of aromatic nitrogens is 2.